The fourth-order valence-corrected chi connectivity index (χ4v) is 4.88. The molecule has 12 heteroatoms. The average molecular weight is 489 g/mol. The molecule has 0 aliphatic carbocycles. The molecule has 3 rings (SSSR count). The van der Waals surface area contributed by atoms with E-state index in [1.807, 2.05) is 19.0 Å². The molecule has 0 bridgehead atoms. The Bertz CT molecular complexity index is 843. The number of hydrogen-bond acceptors (Lipinski definition) is 6. The number of likely N-dealkylation sites (N-methyl/N-ethyl adjacent to an activating group) is 2. The van der Waals surface area contributed by atoms with Crippen LogP contribution in [0.2, 0.25) is 0 Å². The van der Waals surface area contributed by atoms with Gasteiger partial charge in [-0.3, -0.25) is 13.4 Å². The number of halogens is 5. The van der Waals surface area contributed by atoms with Gasteiger partial charge in [0.25, 0.3) is 0 Å². The van der Waals surface area contributed by atoms with E-state index in [1.54, 1.807) is 18.2 Å². The van der Waals surface area contributed by atoms with E-state index in [0.29, 0.717) is 24.4 Å². The van der Waals surface area contributed by atoms with Crippen LogP contribution in [0.5, 0.6) is 0 Å². The molecule has 0 saturated heterocycles. The van der Waals surface area contributed by atoms with Gasteiger partial charge in [-0.15, -0.1) is 24.8 Å². The number of nitrogens with zero attached hydrogens (tertiary/aromatic N) is 3. The number of rotatable bonds is 7. The van der Waals surface area contributed by atoms with Crippen molar-refractivity contribution >= 4 is 52.8 Å². The predicted octanol–water partition coefficient (Wildman–Crippen LogP) is 4.64. The van der Waals surface area contributed by atoms with Gasteiger partial charge >= 0.3 is 0 Å². The number of fused-ring (bicyclic) bond motifs is 1. The monoisotopic (exact) mass is 488 g/mol. The summed E-state index contributed by atoms with van der Waals surface area (Å²) in [6.45, 7) is 2.23. The average Bonchev–Trinajstić information content (AvgIpc) is 2.84. The molecule has 2 aromatic carbocycles. The summed E-state index contributed by atoms with van der Waals surface area (Å²) in [6.07, 6.45) is 0. The van der Waals surface area contributed by atoms with Crippen LogP contribution in [0.15, 0.2) is 36.4 Å². The topological polar surface area (TPSA) is 62.2 Å². The molecule has 170 valence electrons. The summed E-state index contributed by atoms with van der Waals surface area (Å²) in [4.78, 5) is 2.00. The van der Waals surface area contributed by atoms with Crippen LogP contribution < -0.4 is 13.9 Å². The Morgan fingerprint density at radius 2 is 1.57 bits per heavy atom. The Kier molecular flexibility index (Phi) is 9.55. The Labute approximate surface area is 188 Å². The van der Waals surface area contributed by atoms with Crippen molar-refractivity contribution in [3.05, 3.63) is 53.8 Å². The molecule has 0 aromatic heterocycles. The molecule has 0 amide bonds. The summed E-state index contributed by atoms with van der Waals surface area (Å²) in [7, 11) is -0.0630. The van der Waals surface area contributed by atoms with E-state index in [-0.39, 0.29) is 37.0 Å². The molecule has 0 saturated carbocycles. The highest BCUT2D eigenvalue weighted by Crippen LogP contribution is 2.64. The minimum Gasteiger partial charge on any atom is -0.318 e. The highest BCUT2D eigenvalue weighted by molar-refractivity contribution is 8.27. The van der Waals surface area contributed by atoms with Crippen molar-refractivity contribution in [1.29, 1.82) is 0 Å². The third-order valence-electron chi connectivity index (χ3n) is 4.52. The summed E-state index contributed by atoms with van der Waals surface area (Å²) in [6, 6.07) is 7.55. The van der Waals surface area contributed by atoms with Gasteiger partial charge in [-0.05, 0) is 37.2 Å². The van der Waals surface area contributed by atoms with Gasteiger partial charge in [0.15, 0.2) is 11.6 Å². The fraction of sp³-hybridized carbons (Fsp3) is 0.333. The largest absolute Gasteiger partial charge is 0.318 e. The van der Waals surface area contributed by atoms with Gasteiger partial charge in [0.2, 0.25) is 0 Å². The second-order valence-electron chi connectivity index (χ2n) is 6.50. The minimum atomic E-state index is -3.79. The van der Waals surface area contributed by atoms with Gasteiger partial charge in [-0.2, -0.15) is 0 Å². The number of anilines is 3. The maximum atomic E-state index is 14.4. The summed E-state index contributed by atoms with van der Waals surface area (Å²) in [5.41, 5.74) is -0.0164. The van der Waals surface area contributed by atoms with Crippen molar-refractivity contribution in [3.63, 3.8) is 0 Å². The maximum absolute atomic E-state index is 14.4. The Morgan fingerprint density at radius 1 is 1.00 bits per heavy atom. The zero-order chi connectivity index (χ0) is 20.5. The molecule has 30 heavy (non-hydrogen) atoms. The molecule has 0 atom stereocenters. The van der Waals surface area contributed by atoms with Crippen molar-refractivity contribution < 1.29 is 22.3 Å². The Morgan fingerprint density at radius 3 is 2.13 bits per heavy atom. The van der Waals surface area contributed by atoms with Crippen LogP contribution in [0.4, 0.5) is 30.2 Å². The lowest BCUT2D eigenvalue weighted by Crippen LogP contribution is -2.38. The van der Waals surface area contributed by atoms with Crippen molar-refractivity contribution in [3.8, 4) is 0 Å². The van der Waals surface area contributed by atoms with E-state index in [2.05, 4.69) is 5.32 Å². The first-order valence-corrected chi connectivity index (χ1v) is 10.2. The van der Waals surface area contributed by atoms with Crippen LogP contribution in [-0.4, -0.2) is 54.3 Å². The molecule has 0 spiro atoms. The van der Waals surface area contributed by atoms with E-state index in [1.165, 1.54) is 10.4 Å². The van der Waals surface area contributed by atoms with E-state index < -0.39 is 34.1 Å². The number of nitrogens with one attached hydrogen (secondary N) is 1. The second kappa shape index (κ2) is 10.8. The van der Waals surface area contributed by atoms with Crippen molar-refractivity contribution in [1.82, 2.24) is 10.2 Å². The van der Waals surface area contributed by atoms with Gasteiger partial charge in [-0.25, -0.2) is 17.5 Å². The van der Waals surface area contributed by atoms with Crippen LogP contribution in [0.3, 0.4) is 0 Å². The molecule has 3 N–H and O–H groups in total. The van der Waals surface area contributed by atoms with E-state index in [4.69, 9.17) is 0 Å². The van der Waals surface area contributed by atoms with Gasteiger partial charge in [0.1, 0.15) is 11.5 Å². The lowest BCUT2D eigenvalue weighted by atomic mass is 10.2. The smallest absolute Gasteiger partial charge is 0.154 e. The second-order valence-corrected chi connectivity index (χ2v) is 8.29. The third kappa shape index (κ3) is 5.08. The minimum absolute atomic E-state index is 0. The van der Waals surface area contributed by atoms with Crippen LogP contribution >= 0.6 is 35.8 Å². The maximum Gasteiger partial charge on any atom is 0.154 e. The normalized spacial score (nSPS) is 15.5. The summed E-state index contributed by atoms with van der Waals surface area (Å²) >= 11 is 0. The first kappa shape index (κ1) is 26.6. The standard InChI is InChI=1S/C18H23F3N4O2S.2ClH/c1-22-7-8-23(2)9-10-24-16-5-3-4-6-17(16)25(28(24,26)27)18-14(20)11-13(19)12-15(18)21;;/h3-6,11-12,22,26-27H,7-10H2,1-2H3;2*1H. The molecule has 1 aliphatic rings. The molecule has 1 aliphatic heterocycles. The van der Waals surface area contributed by atoms with Crippen LogP contribution in [0, 0.1) is 17.5 Å². The summed E-state index contributed by atoms with van der Waals surface area (Å²) in [5, 5.41) is 3.03. The Hall–Kier alpha value is -1.40. The third-order valence-corrected chi connectivity index (χ3v) is 6.36. The zero-order valence-corrected chi connectivity index (χ0v) is 18.8. The highest BCUT2D eigenvalue weighted by Gasteiger charge is 2.43. The van der Waals surface area contributed by atoms with Crippen LogP contribution in [0.25, 0.3) is 0 Å². The summed E-state index contributed by atoms with van der Waals surface area (Å²) < 4.78 is 66.2. The predicted molar refractivity (Wildman–Crippen MR) is 121 cm³/mol. The molecule has 0 radical (unpaired) electrons. The van der Waals surface area contributed by atoms with Gasteiger partial charge in [-0.1, -0.05) is 12.1 Å². The molecular formula is C18H25Cl2F3N4O2S. The molecular weight excluding hydrogens is 464 g/mol. The van der Waals surface area contributed by atoms with Crippen molar-refractivity contribution in [2.75, 3.05) is 48.9 Å². The van der Waals surface area contributed by atoms with Gasteiger partial charge < -0.3 is 10.2 Å². The number of para-hydroxylation sites is 2. The molecule has 6 nitrogen and oxygen atoms in total. The van der Waals surface area contributed by atoms with E-state index in [0.717, 1.165) is 17.4 Å². The van der Waals surface area contributed by atoms with Crippen LogP contribution in [-0.2, 0) is 0 Å². The first-order chi connectivity index (χ1) is 13.3. The van der Waals surface area contributed by atoms with Gasteiger partial charge in [0.05, 0.1) is 17.9 Å². The molecule has 0 fully saturated rings. The number of hydrogen-bond donors (Lipinski definition) is 3. The molecule has 0 unspecified atom stereocenters. The lowest BCUT2D eigenvalue weighted by Gasteiger charge is -2.44. The van der Waals surface area contributed by atoms with Crippen molar-refractivity contribution in [2.24, 2.45) is 0 Å². The SMILES string of the molecule is CNCCN(C)CCN1c2ccccc2N(c2c(F)cc(F)cc2F)S1(O)O.Cl.Cl. The fourth-order valence-electron chi connectivity index (χ4n) is 3.10. The summed E-state index contributed by atoms with van der Waals surface area (Å²) in [5.74, 6) is -3.49. The molecule has 1 heterocycles. The van der Waals surface area contributed by atoms with E-state index >= 15 is 0 Å². The first-order valence-electron chi connectivity index (χ1n) is 8.70. The number of benzene rings is 2. The quantitative estimate of drug-likeness (QED) is 0.527. The van der Waals surface area contributed by atoms with E-state index in [9.17, 15) is 22.3 Å². The van der Waals surface area contributed by atoms with Gasteiger partial charge in [0, 0.05) is 31.8 Å². The van der Waals surface area contributed by atoms with Crippen molar-refractivity contribution in [2.45, 2.75) is 0 Å². The molecule has 2 aromatic rings. The highest BCUT2D eigenvalue weighted by atomic mass is 35.5. The zero-order valence-electron chi connectivity index (χ0n) is 16.4. The lowest BCUT2D eigenvalue weighted by molar-refractivity contribution is 0.343. The Balaban J connectivity index is 0.00000225. The van der Waals surface area contributed by atoms with Crippen LogP contribution in [0.1, 0.15) is 0 Å².